The highest BCUT2D eigenvalue weighted by molar-refractivity contribution is 5.99. The van der Waals surface area contributed by atoms with Crippen molar-refractivity contribution in [3.63, 3.8) is 0 Å². The number of ether oxygens (including phenoxy) is 2. The summed E-state index contributed by atoms with van der Waals surface area (Å²) in [5.74, 6) is -0.183. The van der Waals surface area contributed by atoms with E-state index in [1.807, 2.05) is 12.1 Å². The maximum absolute atomic E-state index is 12.2. The highest BCUT2D eigenvalue weighted by atomic mass is 16.5. The summed E-state index contributed by atoms with van der Waals surface area (Å²) in [6.07, 6.45) is 2.04. The van der Waals surface area contributed by atoms with Crippen LogP contribution < -0.4 is 20.3 Å². The van der Waals surface area contributed by atoms with Crippen LogP contribution >= 0.6 is 0 Å². The van der Waals surface area contributed by atoms with Gasteiger partial charge in [0.25, 0.3) is 5.91 Å². The second-order valence-electron chi connectivity index (χ2n) is 6.47. The third kappa shape index (κ3) is 6.64. The van der Waals surface area contributed by atoms with Gasteiger partial charge in [-0.1, -0.05) is 37.6 Å². The van der Waals surface area contributed by atoms with Crippen LogP contribution in [0.4, 0.5) is 0 Å². The lowest BCUT2D eigenvalue weighted by atomic mass is 10.0. The number of hydrazine groups is 1. The number of benzene rings is 2. The standard InChI is InChI=1S/C22H26N2O5/c1-4-5-15-6-8-16(9-7-15)20(25)10-11-21(26)23-24-22(27)17-12-18(28-2)14-19(13-17)29-3/h6-9,12-14H,4-5,10-11H2,1-3H3,(H,23,26)(H,24,27). The molecule has 0 unspecified atom stereocenters. The summed E-state index contributed by atoms with van der Waals surface area (Å²) in [7, 11) is 2.96. The van der Waals surface area contributed by atoms with E-state index in [1.165, 1.54) is 31.9 Å². The first kappa shape index (κ1) is 21.9. The SMILES string of the molecule is CCCc1ccc(C(=O)CCC(=O)NNC(=O)c2cc(OC)cc(OC)c2)cc1. The summed E-state index contributed by atoms with van der Waals surface area (Å²) >= 11 is 0. The Labute approximate surface area is 170 Å². The number of methoxy groups -OCH3 is 2. The van der Waals surface area contributed by atoms with Crippen molar-refractivity contribution in [1.29, 1.82) is 0 Å². The molecule has 0 aliphatic carbocycles. The maximum Gasteiger partial charge on any atom is 0.269 e. The van der Waals surface area contributed by atoms with Gasteiger partial charge in [0.05, 0.1) is 14.2 Å². The average molecular weight is 398 g/mol. The minimum absolute atomic E-state index is 0.0305. The fraction of sp³-hybridized carbons (Fsp3) is 0.318. The summed E-state index contributed by atoms with van der Waals surface area (Å²) in [4.78, 5) is 36.4. The number of ketones is 1. The predicted octanol–water partition coefficient (Wildman–Crippen LogP) is 3.08. The number of hydrogen-bond donors (Lipinski definition) is 2. The first-order valence-electron chi connectivity index (χ1n) is 9.41. The van der Waals surface area contributed by atoms with Crippen LogP contribution in [0.3, 0.4) is 0 Å². The van der Waals surface area contributed by atoms with Crippen molar-refractivity contribution in [1.82, 2.24) is 10.9 Å². The van der Waals surface area contributed by atoms with Crippen LogP contribution in [0.5, 0.6) is 11.5 Å². The first-order valence-corrected chi connectivity index (χ1v) is 9.41. The molecule has 7 nitrogen and oxygen atoms in total. The summed E-state index contributed by atoms with van der Waals surface area (Å²) in [5, 5.41) is 0. The summed E-state index contributed by atoms with van der Waals surface area (Å²) in [5.41, 5.74) is 6.66. The van der Waals surface area contributed by atoms with Gasteiger partial charge in [0.15, 0.2) is 5.78 Å². The molecule has 29 heavy (non-hydrogen) atoms. The van der Waals surface area contributed by atoms with Crippen molar-refractivity contribution < 1.29 is 23.9 Å². The molecule has 0 saturated carbocycles. The minimum atomic E-state index is -0.520. The lowest BCUT2D eigenvalue weighted by Gasteiger charge is -2.10. The van der Waals surface area contributed by atoms with Crippen LogP contribution in [0.25, 0.3) is 0 Å². The molecule has 0 aliphatic rings. The van der Waals surface area contributed by atoms with Crippen LogP contribution in [0.2, 0.25) is 0 Å². The van der Waals surface area contributed by atoms with Gasteiger partial charge in [-0.2, -0.15) is 0 Å². The lowest BCUT2D eigenvalue weighted by Crippen LogP contribution is -2.41. The predicted molar refractivity (Wildman–Crippen MR) is 109 cm³/mol. The van der Waals surface area contributed by atoms with E-state index in [0.717, 1.165) is 12.8 Å². The van der Waals surface area contributed by atoms with E-state index in [1.54, 1.807) is 18.2 Å². The van der Waals surface area contributed by atoms with E-state index < -0.39 is 11.8 Å². The maximum atomic E-state index is 12.2. The summed E-state index contributed by atoms with van der Waals surface area (Å²) in [6, 6.07) is 12.1. The van der Waals surface area contributed by atoms with Crippen molar-refractivity contribution >= 4 is 17.6 Å². The van der Waals surface area contributed by atoms with Crippen LogP contribution in [0.1, 0.15) is 52.5 Å². The Morgan fingerprint density at radius 1 is 0.828 bits per heavy atom. The topological polar surface area (TPSA) is 93.7 Å². The number of aryl methyl sites for hydroxylation is 1. The van der Waals surface area contributed by atoms with E-state index in [9.17, 15) is 14.4 Å². The molecule has 0 heterocycles. The van der Waals surface area contributed by atoms with Gasteiger partial charge in [-0.15, -0.1) is 0 Å². The van der Waals surface area contributed by atoms with Gasteiger partial charge in [0.1, 0.15) is 11.5 Å². The number of hydrogen-bond acceptors (Lipinski definition) is 5. The molecule has 0 aromatic heterocycles. The Kier molecular flexibility index (Phi) is 8.21. The minimum Gasteiger partial charge on any atom is -0.497 e. The lowest BCUT2D eigenvalue weighted by molar-refractivity contribution is -0.121. The fourth-order valence-electron chi connectivity index (χ4n) is 2.72. The highest BCUT2D eigenvalue weighted by Crippen LogP contribution is 2.22. The molecule has 0 bridgehead atoms. The van der Waals surface area contributed by atoms with Crippen LogP contribution in [-0.2, 0) is 11.2 Å². The molecule has 0 atom stereocenters. The molecule has 2 aromatic carbocycles. The smallest absolute Gasteiger partial charge is 0.269 e. The largest absolute Gasteiger partial charge is 0.497 e. The Hall–Kier alpha value is -3.35. The van der Waals surface area contributed by atoms with Gasteiger partial charge in [0.2, 0.25) is 5.91 Å². The Morgan fingerprint density at radius 2 is 1.45 bits per heavy atom. The quantitative estimate of drug-likeness (QED) is 0.500. The van der Waals surface area contributed by atoms with Gasteiger partial charge in [-0.25, -0.2) is 0 Å². The van der Waals surface area contributed by atoms with Crippen molar-refractivity contribution in [2.45, 2.75) is 32.6 Å². The molecule has 0 spiro atoms. The number of carbonyl (C=O) groups is 3. The number of rotatable bonds is 9. The van der Waals surface area contributed by atoms with Crippen LogP contribution in [-0.4, -0.2) is 31.8 Å². The summed E-state index contributed by atoms with van der Waals surface area (Å²) in [6.45, 7) is 2.10. The van der Waals surface area contributed by atoms with Gasteiger partial charge >= 0.3 is 0 Å². The molecule has 2 N–H and O–H groups in total. The van der Waals surface area contributed by atoms with E-state index in [-0.39, 0.29) is 24.2 Å². The third-order valence-electron chi connectivity index (χ3n) is 4.32. The molecular formula is C22H26N2O5. The molecule has 2 aromatic rings. The molecule has 0 fully saturated rings. The molecule has 0 aliphatic heterocycles. The second-order valence-corrected chi connectivity index (χ2v) is 6.47. The molecule has 2 amide bonds. The van der Waals surface area contributed by atoms with E-state index in [0.29, 0.717) is 17.1 Å². The van der Waals surface area contributed by atoms with Crippen molar-refractivity contribution in [3.05, 3.63) is 59.2 Å². The van der Waals surface area contributed by atoms with Gasteiger partial charge in [-0.3, -0.25) is 25.2 Å². The van der Waals surface area contributed by atoms with Crippen LogP contribution in [0, 0.1) is 0 Å². The third-order valence-corrected chi connectivity index (χ3v) is 4.32. The molecule has 0 radical (unpaired) electrons. The number of carbonyl (C=O) groups excluding carboxylic acids is 3. The Morgan fingerprint density at radius 3 is 2.00 bits per heavy atom. The van der Waals surface area contributed by atoms with Gasteiger partial charge in [0, 0.05) is 30.0 Å². The van der Waals surface area contributed by atoms with Crippen molar-refractivity contribution in [2.75, 3.05) is 14.2 Å². The molecule has 2 rings (SSSR count). The number of amides is 2. The Bertz CT molecular complexity index is 840. The zero-order valence-electron chi connectivity index (χ0n) is 16.9. The van der Waals surface area contributed by atoms with E-state index in [4.69, 9.17) is 9.47 Å². The van der Waals surface area contributed by atoms with E-state index >= 15 is 0 Å². The first-order chi connectivity index (χ1) is 14.0. The van der Waals surface area contributed by atoms with Crippen molar-refractivity contribution in [3.8, 4) is 11.5 Å². The zero-order chi connectivity index (χ0) is 21.2. The summed E-state index contributed by atoms with van der Waals surface area (Å²) < 4.78 is 10.2. The molecule has 154 valence electrons. The molecule has 7 heteroatoms. The van der Waals surface area contributed by atoms with E-state index in [2.05, 4.69) is 17.8 Å². The molecular weight excluding hydrogens is 372 g/mol. The number of nitrogens with one attached hydrogen (secondary N) is 2. The van der Waals surface area contributed by atoms with Gasteiger partial charge in [-0.05, 0) is 24.1 Å². The fourth-order valence-corrected chi connectivity index (χ4v) is 2.72. The zero-order valence-corrected chi connectivity index (χ0v) is 16.9. The molecule has 0 saturated heterocycles. The second kappa shape index (κ2) is 10.8. The highest BCUT2D eigenvalue weighted by Gasteiger charge is 2.13. The van der Waals surface area contributed by atoms with Gasteiger partial charge < -0.3 is 9.47 Å². The monoisotopic (exact) mass is 398 g/mol. The number of Topliss-reactive ketones (excluding diaryl/α,β-unsaturated/α-hetero) is 1. The Balaban J connectivity index is 1.83. The average Bonchev–Trinajstić information content (AvgIpc) is 2.76. The van der Waals surface area contributed by atoms with Crippen LogP contribution in [0.15, 0.2) is 42.5 Å². The van der Waals surface area contributed by atoms with Crippen molar-refractivity contribution in [2.24, 2.45) is 0 Å². The normalized spacial score (nSPS) is 10.2.